The summed E-state index contributed by atoms with van der Waals surface area (Å²) < 4.78 is 25.0. The highest BCUT2D eigenvalue weighted by atomic mass is 16.7. The van der Waals surface area contributed by atoms with Crippen molar-refractivity contribution in [2.75, 3.05) is 13.2 Å². The fraction of sp³-hybridized carbons (Fsp3) is 0.939. The van der Waals surface area contributed by atoms with E-state index < -0.39 is 48.7 Å². The molecule has 5 N–H and O–H groups in total. The normalized spacial score (nSPS) is 59.0. The van der Waals surface area contributed by atoms with Gasteiger partial charge in [0.05, 0.1) is 25.4 Å². The summed E-state index contributed by atoms with van der Waals surface area (Å²) in [5.41, 5.74) is 0.360. The number of aliphatic hydroxyl groups is 5. The van der Waals surface area contributed by atoms with Gasteiger partial charge in [0.15, 0.2) is 12.1 Å². The Hall–Kier alpha value is -0.620. The van der Waals surface area contributed by atoms with Crippen LogP contribution in [0.3, 0.4) is 0 Å². The molecular weight excluding hydrogens is 540 g/mol. The summed E-state index contributed by atoms with van der Waals surface area (Å²) in [6.07, 6.45) is 4.17. The quantitative estimate of drug-likeness (QED) is 0.313. The largest absolute Gasteiger partial charge is 0.394 e. The maximum Gasteiger partial charge on any atom is 0.186 e. The van der Waals surface area contributed by atoms with Crippen LogP contribution >= 0.6 is 0 Å². The topological polar surface area (TPSA) is 138 Å². The Morgan fingerprint density at radius 2 is 1.76 bits per heavy atom. The zero-order chi connectivity index (χ0) is 29.8. The van der Waals surface area contributed by atoms with Gasteiger partial charge < -0.3 is 44.5 Å². The lowest BCUT2D eigenvalue weighted by atomic mass is 9.46. The number of ether oxygens (including phenoxy) is 4. The van der Waals surface area contributed by atoms with Crippen molar-refractivity contribution in [2.45, 2.75) is 140 Å². The van der Waals surface area contributed by atoms with Crippen LogP contribution in [-0.4, -0.2) is 93.0 Å². The number of hydrogen-bond donors (Lipinski definition) is 5. The molecule has 42 heavy (non-hydrogen) atoms. The number of rotatable bonds is 3. The number of allylic oxidation sites excluding steroid dienone is 1. The van der Waals surface area contributed by atoms with Gasteiger partial charge in [-0.05, 0) is 80.5 Å². The van der Waals surface area contributed by atoms with Crippen molar-refractivity contribution in [2.24, 2.45) is 40.4 Å². The highest BCUT2D eigenvalue weighted by Crippen LogP contribution is 2.72. The highest BCUT2D eigenvalue weighted by Gasteiger charge is 2.76. The molecule has 3 aliphatic heterocycles. The minimum Gasteiger partial charge on any atom is -0.394 e. The standard InChI is InChI=1S/C33H52O9/c1-17-7-12-32(39-16-17)18(2)33(38)25(42-32)14-23-21-6-5-19-13-20(8-10-30(19,3)22(21)9-11-31(23,33)4)40-29-28(37)27(36)26(35)24(15-34)41-29/h5,17-18,20-29,34-38H,6-16H2,1-4H3/t17-,18-,20-,21-,22+,23+,24-,25+,26-,27+,28-,29?,30+,31+,32-,33-/m1/s1. The van der Waals surface area contributed by atoms with E-state index in [2.05, 4.69) is 33.8 Å². The van der Waals surface area contributed by atoms with Crippen molar-refractivity contribution in [3.8, 4) is 0 Å². The van der Waals surface area contributed by atoms with E-state index in [0.717, 1.165) is 57.8 Å². The first kappa shape index (κ1) is 30.1. The van der Waals surface area contributed by atoms with Crippen LogP contribution in [0.5, 0.6) is 0 Å². The minimum atomic E-state index is -1.43. The fourth-order valence-electron chi connectivity index (χ4n) is 11.1. The molecule has 9 heteroatoms. The third kappa shape index (κ3) is 4.00. The predicted molar refractivity (Wildman–Crippen MR) is 152 cm³/mol. The van der Waals surface area contributed by atoms with E-state index in [0.29, 0.717) is 30.3 Å². The molecule has 7 rings (SSSR count). The first-order valence-electron chi connectivity index (χ1n) is 16.6. The Balaban J connectivity index is 1.07. The molecule has 4 aliphatic carbocycles. The van der Waals surface area contributed by atoms with Gasteiger partial charge in [-0.3, -0.25) is 0 Å². The number of fused-ring (bicyclic) bond motifs is 7. The van der Waals surface area contributed by atoms with Crippen molar-refractivity contribution in [1.82, 2.24) is 0 Å². The maximum absolute atomic E-state index is 12.6. The van der Waals surface area contributed by atoms with Gasteiger partial charge in [0.2, 0.25) is 0 Å². The second-order valence-corrected chi connectivity index (χ2v) is 15.6. The molecule has 1 spiro atoms. The van der Waals surface area contributed by atoms with Crippen LogP contribution in [0.4, 0.5) is 0 Å². The van der Waals surface area contributed by atoms with E-state index in [1.807, 2.05) is 0 Å². The molecule has 0 radical (unpaired) electrons. The van der Waals surface area contributed by atoms with Crippen LogP contribution in [0.15, 0.2) is 11.6 Å². The van der Waals surface area contributed by atoms with Gasteiger partial charge in [0, 0.05) is 17.8 Å². The monoisotopic (exact) mass is 592 g/mol. The first-order chi connectivity index (χ1) is 19.9. The molecule has 238 valence electrons. The van der Waals surface area contributed by atoms with E-state index in [1.165, 1.54) is 5.57 Å². The molecule has 9 nitrogen and oxygen atoms in total. The Labute approximate surface area is 249 Å². The number of aliphatic hydroxyl groups excluding tert-OH is 4. The van der Waals surface area contributed by atoms with E-state index >= 15 is 0 Å². The summed E-state index contributed by atoms with van der Waals surface area (Å²) in [7, 11) is 0. The SMILES string of the molecule is C[C@@H]1CC[C@@]2(OC1)O[C@H]1C[C@H]3[C@@H]4CC=C5C[C@H](OC6O[C@H](CO)[C@@H](O)[C@H](O)[C@H]6O)CC[C@]5(C)[C@H]4CC[C@]3(C)[C@@]1(O)[C@@H]2C. The molecule has 6 fully saturated rings. The molecule has 3 heterocycles. The van der Waals surface area contributed by atoms with Gasteiger partial charge in [-0.1, -0.05) is 39.3 Å². The van der Waals surface area contributed by atoms with E-state index in [-0.39, 0.29) is 29.0 Å². The number of hydrogen-bond acceptors (Lipinski definition) is 9. The maximum atomic E-state index is 12.6. The van der Waals surface area contributed by atoms with E-state index in [4.69, 9.17) is 18.9 Å². The van der Waals surface area contributed by atoms with Crippen LogP contribution in [0.2, 0.25) is 0 Å². The molecule has 0 amide bonds. The molecular formula is C33H52O9. The molecule has 0 bridgehead atoms. The second kappa shape index (κ2) is 10.2. The molecule has 0 aromatic rings. The van der Waals surface area contributed by atoms with Gasteiger partial charge in [-0.25, -0.2) is 0 Å². The average Bonchev–Trinajstić information content (AvgIpc) is 3.33. The molecule has 7 aliphatic rings. The fourth-order valence-corrected chi connectivity index (χ4v) is 11.1. The Bertz CT molecular complexity index is 1070. The zero-order valence-electron chi connectivity index (χ0n) is 25.7. The van der Waals surface area contributed by atoms with Gasteiger partial charge in [0.25, 0.3) is 0 Å². The molecule has 0 aromatic carbocycles. The zero-order valence-corrected chi connectivity index (χ0v) is 25.7. The average molecular weight is 593 g/mol. The second-order valence-electron chi connectivity index (χ2n) is 15.6. The summed E-state index contributed by atoms with van der Waals surface area (Å²) in [6.45, 7) is 9.39. The summed E-state index contributed by atoms with van der Waals surface area (Å²) in [5.74, 6) is 1.24. The van der Waals surface area contributed by atoms with Gasteiger partial charge in [-0.2, -0.15) is 0 Å². The van der Waals surface area contributed by atoms with Gasteiger partial charge in [-0.15, -0.1) is 0 Å². The first-order valence-corrected chi connectivity index (χ1v) is 16.6. The molecule has 0 aromatic heterocycles. The summed E-state index contributed by atoms with van der Waals surface area (Å²) in [6, 6.07) is 0. The predicted octanol–water partition coefficient (Wildman–Crippen LogP) is 2.65. The van der Waals surface area contributed by atoms with Crippen molar-refractivity contribution < 1.29 is 44.5 Å². The molecule has 3 saturated carbocycles. The van der Waals surface area contributed by atoms with Crippen molar-refractivity contribution in [3.63, 3.8) is 0 Å². The van der Waals surface area contributed by atoms with Crippen LogP contribution in [0.1, 0.15) is 85.5 Å². The van der Waals surface area contributed by atoms with Gasteiger partial charge in [0.1, 0.15) is 30.0 Å². The lowest BCUT2D eigenvalue weighted by Gasteiger charge is -2.60. The van der Waals surface area contributed by atoms with Crippen molar-refractivity contribution in [3.05, 3.63) is 11.6 Å². The van der Waals surface area contributed by atoms with E-state index in [9.17, 15) is 25.5 Å². The highest BCUT2D eigenvalue weighted by molar-refractivity contribution is 5.29. The van der Waals surface area contributed by atoms with Crippen molar-refractivity contribution >= 4 is 0 Å². The Morgan fingerprint density at radius 1 is 0.976 bits per heavy atom. The Kier molecular flexibility index (Phi) is 7.29. The summed E-state index contributed by atoms with van der Waals surface area (Å²) >= 11 is 0. The third-order valence-corrected chi connectivity index (χ3v) is 13.8. The van der Waals surface area contributed by atoms with Crippen LogP contribution in [-0.2, 0) is 18.9 Å². The minimum absolute atomic E-state index is 0.0517. The van der Waals surface area contributed by atoms with Crippen LogP contribution in [0, 0.1) is 40.4 Å². The molecule has 1 unspecified atom stereocenters. The summed E-state index contributed by atoms with van der Waals surface area (Å²) in [4.78, 5) is 0. The Morgan fingerprint density at radius 3 is 2.48 bits per heavy atom. The summed E-state index contributed by atoms with van der Waals surface area (Å²) in [5, 5.41) is 53.0. The lowest BCUT2D eigenvalue weighted by Crippen LogP contribution is -2.60. The van der Waals surface area contributed by atoms with Crippen molar-refractivity contribution in [1.29, 1.82) is 0 Å². The van der Waals surface area contributed by atoms with E-state index in [1.54, 1.807) is 0 Å². The molecule has 3 saturated heterocycles. The lowest BCUT2D eigenvalue weighted by molar-refractivity contribution is -0.313. The third-order valence-electron chi connectivity index (χ3n) is 13.8. The van der Waals surface area contributed by atoms with Crippen LogP contribution < -0.4 is 0 Å². The van der Waals surface area contributed by atoms with Crippen LogP contribution in [0.25, 0.3) is 0 Å². The smallest absolute Gasteiger partial charge is 0.186 e. The van der Waals surface area contributed by atoms with Gasteiger partial charge >= 0.3 is 0 Å². The molecule has 16 atom stereocenters.